The minimum absolute atomic E-state index is 0.907. The largest absolute Gasteiger partial charge is 0.328 e. The van der Waals surface area contributed by atoms with Gasteiger partial charge < -0.3 is 0 Å². The van der Waals surface area contributed by atoms with Gasteiger partial charge in [0, 0.05) is 0 Å². The average molecular weight is 181 g/mol. The fraction of sp³-hybridized carbons (Fsp3) is 1.00. The third-order valence-corrected chi connectivity index (χ3v) is 1.98. The van der Waals surface area contributed by atoms with E-state index in [0.717, 1.165) is 0 Å². The molecule has 0 N–H and O–H groups in total. The number of hydrogen-bond donors (Lipinski definition) is 0. The molecule has 0 aliphatic heterocycles. The maximum Gasteiger partial charge on any atom is 0.328 e. The Morgan fingerprint density at radius 3 is 1.25 bits per heavy atom. The molecule has 0 rings (SSSR count). The van der Waals surface area contributed by atoms with Crippen LogP contribution in [0.25, 0.3) is 0 Å². The van der Waals surface area contributed by atoms with Gasteiger partial charge in [-0.2, -0.15) is 16.8 Å². The van der Waals surface area contributed by atoms with E-state index < -0.39 is 40.0 Å². The van der Waals surface area contributed by atoms with Crippen LogP contribution in [0.1, 0.15) is 0 Å². The van der Waals surface area contributed by atoms with E-state index in [-0.39, 0.29) is 0 Å². The topological polar surface area (TPSA) is 19.9 Å². The van der Waals surface area contributed by atoms with Crippen molar-refractivity contribution >= 4 is 36.4 Å². The molecule has 1 radical (unpaired) electrons. The van der Waals surface area contributed by atoms with Crippen LogP contribution in [0.5, 0.6) is 0 Å². The van der Waals surface area contributed by atoms with Gasteiger partial charge >= 0.3 is 3.60 Å². The van der Waals surface area contributed by atoms with Crippen LogP contribution in [-0.4, -0.2) is 3.60 Å². The van der Waals surface area contributed by atoms with Gasteiger partial charge in [-0.1, -0.05) is 0 Å². The lowest BCUT2D eigenvalue weighted by Gasteiger charge is -2.05. The summed E-state index contributed by atoms with van der Waals surface area (Å²) in [6, 6.07) is 0. The Morgan fingerprint density at radius 2 is 1.25 bits per heavy atom. The van der Waals surface area contributed by atoms with Gasteiger partial charge in [0.2, 0.25) is 0 Å². The van der Waals surface area contributed by atoms with Crippen molar-refractivity contribution in [3.63, 3.8) is 0 Å². The van der Waals surface area contributed by atoms with Gasteiger partial charge in [-0.05, 0) is 0 Å². The predicted molar refractivity (Wildman–Crippen MR) is 29.5 cm³/mol. The maximum atomic E-state index is 11.1. The van der Waals surface area contributed by atoms with Crippen LogP contribution in [0.3, 0.4) is 0 Å². The van der Waals surface area contributed by atoms with Crippen molar-refractivity contribution in [2.45, 2.75) is 3.60 Å². The average Bonchev–Trinajstić information content (AvgIpc) is 1.87. The van der Waals surface area contributed by atoms with Crippen LogP contribution in [0, 0.1) is 0 Å². The van der Waals surface area contributed by atoms with Crippen LogP contribution in [-0.2, 0) is 5.11 Å². The molecular formula is CF3OS3. The normalized spacial score (nSPS) is 12.0. The summed E-state index contributed by atoms with van der Waals surface area (Å²) in [5.41, 5.74) is 0. The van der Waals surface area contributed by atoms with Crippen molar-refractivity contribution in [1.82, 2.24) is 0 Å². The third-order valence-electron chi connectivity index (χ3n) is 0.283. The Labute approximate surface area is 57.3 Å². The van der Waals surface area contributed by atoms with Gasteiger partial charge in [-0.15, -0.1) is 0 Å². The van der Waals surface area contributed by atoms with Crippen LogP contribution in [0.2, 0.25) is 0 Å². The summed E-state index contributed by atoms with van der Waals surface area (Å²) in [6.45, 7) is 0. The molecule has 1 nitrogen and oxygen atoms in total. The molecule has 0 amide bonds. The SMILES string of the molecule is [O]C(SF)(SF)SF. The molecule has 0 heterocycles. The minimum Gasteiger partial charge on any atom is -0.184 e. The molecule has 0 unspecified atom stereocenters. The van der Waals surface area contributed by atoms with Crippen LogP contribution in [0.15, 0.2) is 0 Å². The lowest BCUT2D eigenvalue weighted by atomic mass is 11.6. The predicted octanol–water partition coefficient (Wildman–Crippen LogP) is 2.88. The summed E-state index contributed by atoms with van der Waals surface area (Å²) < 4.78 is 30.5. The molecule has 0 aliphatic carbocycles. The van der Waals surface area contributed by atoms with E-state index in [9.17, 15) is 16.8 Å². The van der Waals surface area contributed by atoms with Gasteiger partial charge in [0.05, 0.1) is 0 Å². The van der Waals surface area contributed by atoms with E-state index in [1.165, 1.54) is 0 Å². The summed E-state index contributed by atoms with van der Waals surface area (Å²) in [7, 11) is 0. The Kier molecular flexibility index (Phi) is 4.13. The second-order valence-electron chi connectivity index (χ2n) is 0.731. The Hall–Kier alpha value is 0.800. The minimum atomic E-state index is -2.88. The summed E-state index contributed by atoms with van der Waals surface area (Å²) in [5.74, 6) is 0. The van der Waals surface area contributed by atoms with Crippen molar-refractivity contribution < 1.29 is 16.8 Å². The second-order valence-corrected chi connectivity index (χ2v) is 3.69. The van der Waals surface area contributed by atoms with Gasteiger partial charge in [0.15, 0.2) is 0 Å². The smallest absolute Gasteiger partial charge is 0.184 e. The van der Waals surface area contributed by atoms with E-state index >= 15 is 0 Å². The quantitative estimate of drug-likeness (QED) is 0.624. The molecule has 0 aliphatic rings. The number of halogens is 3. The highest BCUT2D eigenvalue weighted by atomic mass is 32.3. The van der Waals surface area contributed by atoms with Crippen molar-refractivity contribution in [3.8, 4) is 0 Å². The van der Waals surface area contributed by atoms with Gasteiger partial charge in [-0.3, -0.25) is 0 Å². The first kappa shape index (κ1) is 8.80. The zero-order valence-corrected chi connectivity index (χ0v) is 5.72. The first-order valence-electron chi connectivity index (χ1n) is 1.28. The molecule has 0 saturated heterocycles. The molecule has 0 saturated carbocycles. The van der Waals surface area contributed by atoms with E-state index in [4.69, 9.17) is 0 Å². The summed E-state index contributed by atoms with van der Waals surface area (Å²) in [5, 5.41) is 9.97. The Bertz CT molecular complexity index is 57.3. The molecule has 0 spiro atoms. The Balaban J connectivity index is 3.58. The van der Waals surface area contributed by atoms with E-state index in [2.05, 4.69) is 0 Å². The first-order valence-corrected chi connectivity index (χ1v) is 3.43. The highest BCUT2D eigenvalue weighted by Gasteiger charge is 2.35. The lowest BCUT2D eigenvalue weighted by Crippen LogP contribution is -2.04. The molecule has 0 bridgehead atoms. The van der Waals surface area contributed by atoms with Crippen molar-refractivity contribution in [2.75, 3.05) is 0 Å². The summed E-state index contributed by atoms with van der Waals surface area (Å²) >= 11 is -2.72. The summed E-state index contributed by atoms with van der Waals surface area (Å²) in [6.07, 6.45) is 0. The molecule has 0 aromatic rings. The highest BCUT2D eigenvalue weighted by molar-refractivity contribution is 8.29. The number of hydrogen-bond acceptors (Lipinski definition) is 3. The van der Waals surface area contributed by atoms with E-state index in [1.807, 2.05) is 0 Å². The van der Waals surface area contributed by atoms with Crippen molar-refractivity contribution in [3.05, 3.63) is 0 Å². The zero-order valence-electron chi connectivity index (χ0n) is 3.27. The Morgan fingerprint density at radius 1 is 1.00 bits per heavy atom. The molecule has 0 fully saturated rings. The molecule has 49 valence electrons. The molecular weight excluding hydrogens is 181 g/mol. The zero-order chi connectivity index (χ0) is 6.62. The third kappa shape index (κ3) is 2.38. The molecule has 8 heavy (non-hydrogen) atoms. The second kappa shape index (κ2) is 3.76. The van der Waals surface area contributed by atoms with Gasteiger partial charge in [0.1, 0.15) is 36.4 Å². The highest BCUT2D eigenvalue weighted by Crippen LogP contribution is 2.46. The van der Waals surface area contributed by atoms with E-state index in [1.54, 1.807) is 0 Å². The standard InChI is InChI=1S/CF3OS3/c2-6-1(5,7-3)8-4. The van der Waals surface area contributed by atoms with Crippen LogP contribution >= 0.6 is 36.4 Å². The summed E-state index contributed by atoms with van der Waals surface area (Å²) in [4.78, 5) is 0. The van der Waals surface area contributed by atoms with Crippen LogP contribution in [0.4, 0.5) is 11.7 Å². The fourth-order valence-corrected chi connectivity index (χ4v) is 0.321. The lowest BCUT2D eigenvalue weighted by molar-refractivity contribution is 0.200. The van der Waals surface area contributed by atoms with Crippen molar-refractivity contribution in [2.24, 2.45) is 0 Å². The first-order chi connectivity index (χ1) is 3.68. The molecule has 0 aromatic heterocycles. The molecule has 0 aromatic carbocycles. The monoisotopic (exact) mass is 181 g/mol. The number of rotatable bonds is 3. The van der Waals surface area contributed by atoms with Crippen molar-refractivity contribution in [1.29, 1.82) is 0 Å². The molecule has 0 atom stereocenters. The van der Waals surface area contributed by atoms with Crippen LogP contribution < -0.4 is 0 Å². The van der Waals surface area contributed by atoms with Gasteiger partial charge in [-0.25, -0.2) is 0 Å². The fourth-order valence-electron chi connectivity index (χ4n) is 0.0357. The maximum absolute atomic E-state index is 11.1. The van der Waals surface area contributed by atoms with E-state index in [0.29, 0.717) is 0 Å². The van der Waals surface area contributed by atoms with Gasteiger partial charge in [0.25, 0.3) is 0 Å². The molecule has 7 heteroatoms.